The number of aryl methyl sites for hydroxylation is 1. The van der Waals surface area contributed by atoms with Gasteiger partial charge in [-0.1, -0.05) is 0 Å². The predicted octanol–water partition coefficient (Wildman–Crippen LogP) is 1.29. The van der Waals surface area contributed by atoms with Crippen LogP contribution >= 0.6 is 0 Å². The van der Waals surface area contributed by atoms with Crippen LogP contribution in [-0.2, 0) is 0 Å². The number of hydrogen-bond donors (Lipinski definition) is 1. The molecule has 0 saturated heterocycles. The maximum atomic E-state index is 5.76. The van der Waals surface area contributed by atoms with E-state index in [9.17, 15) is 0 Å². The van der Waals surface area contributed by atoms with E-state index in [-0.39, 0.29) is 6.10 Å². The topological polar surface area (TPSA) is 61.0 Å². The maximum absolute atomic E-state index is 5.76. The molecule has 2 N–H and O–H groups in total. The first-order valence-corrected chi connectivity index (χ1v) is 5.46. The molecule has 0 radical (unpaired) electrons. The molecule has 0 aromatic carbocycles. The molecule has 0 spiro atoms. The largest absolute Gasteiger partial charge is 0.460 e. The van der Waals surface area contributed by atoms with Gasteiger partial charge in [-0.15, -0.1) is 0 Å². The Hall–Kier alpha value is -1.16. The summed E-state index contributed by atoms with van der Waals surface area (Å²) in [5.41, 5.74) is 6.62. The van der Waals surface area contributed by atoms with Crippen molar-refractivity contribution in [1.29, 1.82) is 0 Å². The molecule has 1 aliphatic rings. The van der Waals surface area contributed by atoms with E-state index in [0.29, 0.717) is 18.5 Å². The lowest BCUT2D eigenvalue weighted by Crippen LogP contribution is -2.28. The van der Waals surface area contributed by atoms with Gasteiger partial charge in [-0.25, -0.2) is 9.97 Å². The summed E-state index contributed by atoms with van der Waals surface area (Å²) in [4.78, 5) is 8.33. The molecule has 4 heteroatoms. The van der Waals surface area contributed by atoms with Gasteiger partial charge in [-0.05, 0) is 38.8 Å². The minimum absolute atomic E-state index is 0.205. The third kappa shape index (κ3) is 2.45. The van der Waals surface area contributed by atoms with Crippen LogP contribution in [0.4, 0.5) is 0 Å². The van der Waals surface area contributed by atoms with Crippen LogP contribution in [0.25, 0.3) is 0 Å². The van der Waals surface area contributed by atoms with Crippen molar-refractivity contribution < 1.29 is 4.74 Å². The smallest absolute Gasteiger partial charge is 0.316 e. The van der Waals surface area contributed by atoms with Gasteiger partial charge in [0.2, 0.25) is 0 Å². The molecular formula is C11H17N3O. The summed E-state index contributed by atoms with van der Waals surface area (Å²) in [5.74, 6) is 0.467. The molecule has 1 aromatic rings. The number of ether oxygens (including phenoxy) is 1. The van der Waals surface area contributed by atoms with Crippen LogP contribution in [0.1, 0.15) is 25.0 Å². The van der Waals surface area contributed by atoms with Gasteiger partial charge in [-0.2, -0.15) is 0 Å². The van der Waals surface area contributed by atoms with Crippen molar-refractivity contribution in [3.05, 3.63) is 18.0 Å². The highest BCUT2D eigenvalue weighted by Crippen LogP contribution is 2.27. The van der Waals surface area contributed by atoms with Crippen LogP contribution in [0.5, 0.6) is 6.01 Å². The third-order valence-electron chi connectivity index (χ3n) is 2.92. The lowest BCUT2D eigenvalue weighted by Gasteiger charge is -2.18. The molecule has 15 heavy (non-hydrogen) atoms. The van der Waals surface area contributed by atoms with Crippen molar-refractivity contribution in [2.75, 3.05) is 6.54 Å². The van der Waals surface area contributed by atoms with E-state index >= 15 is 0 Å². The highest BCUT2D eigenvalue weighted by molar-refractivity contribution is 5.04. The van der Waals surface area contributed by atoms with Crippen molar-refractivity contribution in [1.82, 2.24) is 9.97 Å². The minimum Gasteiger partial charge on any atom is -0.460 e. The van der Waals surface area contributed by atoms with Crippen LogP contribution in [0, 0.1) is 12.8 Å². The lowest BCUT2D eigenvalue weighted by molar-refractivity contribution is 0.148. The number of nitrogens with two attached hydrogens (primary N) is 1. The molecule has 1 saturated carbocycles. The molecule has 1 heterocycles. The molecule has 2 rings (SSSR count). The van der Waals surface area contributed by atoms with E-state index in [0.717, 1.165) is 18.5 Å². The van der Waals surface area contributed by atoms with Gasteiger partial charge in [0.25, 0.3) is 0 Å². The quantitative estimate of drug-likeness (QED) is 0.811. The summed E-state index contributed by atoms with van der Waals surface area (Å²) in [6.07, 6.45) is 5.35. The molecule has 1 aromatic heterocycles. The van der Waals surface area contributed by atoms with Crippen LogP contribution in [0.15, 0.2) is 12.3 Å². The average molecular weight is 207 g/mol. The van der Waals surface area contributed by atoms with Gasteiger partial charge < -0.3 is 10.5 Å². The Morgan fingerprint density at radius 3 is 3.13 bits per heavy atom. The van der Waals surface area contributed by atoms with Gasteiger partial charge in [0.15, 0.2) is 0 Å². The zero-order valence-corrected chi connectivity index (χ0v) is 9.02. The highest BCUT2D eigenvalue weighted by atomic mass is 16.5. The Kier molecular flexibility index (Phi) is 3.16. The first kappa shape index (κ1) is 10.4. The van der Waals surface area contributed by atoms with Crippen LogP contribution in [0.2, 0.25) is 0 Å². The van der Waals surface area contributed by atoms with Crippen LogP contribution in [-0.4, -0.2) is 22.6 Å². The van der Waals surface area contributed by atoms with Crippen molar-refractivity contribution in [2.45, 2.75) is 32.3 Å². The summed E-state index contributed by atoms with van der Waals surface area (Å²) in [5, 5.41) is 0. The number of nitrogens with zero attached hydrogens (tertiary/aromatic N) is 2. The second kappa shape index (κ2) is 4.57. The average Bonchev–Trinajstić information content (AvgIpc) is 2.65. The van der Waals surface area contributed by atoms with E-state index in [1.807, 2.05) is 13.0 Å². The number of hydrogen-bond acceptors (Lipinski definition) is 4. The van der Waals surface area contributed by atoms with Gasteiger partial charge in [0.1, 0.15) is 6.10 Å². The second-order valence-corrected chi connectivity index (χ2v) is 4.06. The molecule has 1 aliphatic carbocycles. The molecule has 2 unspecified atom stereocenters. The van der Waals surface area contributed by atoms with Crippen molar-refractivity contribution in [3.8, 4) is 6.01 Å². The molecule has 2 atom stereocenters. The molecular weight excluding hydrogens is 190 g/mol. The van der Waals surface area contributed by atoms with Gasteiger partial charge in [0.05, 0.1) is 0 Å². The zero-order valence-electron chi connectivity index (χ0n) is 9.02. The first-order chi connectivity index (χ1) is 7.29. The third-order valence-corrected chi connectivity index (χ3v) is 2.92. The van der Waals surface area contributed by atoms with E-state index in [1.165, 1.54) is 6.42 Å². The fraction of sp³-hybridized carbons (Fsp3) is 0.636. The predicted molar refractivity (Wildman–Crippen MR) is 57.6 cm³/mol. The van der Waals surface area contributed by atoms with Gasteiger partial charge in [-0.3, -0.25) is 0 Å². The normalized spacial score (nSPS) is 25.5. The van der Waals surface area contributed by atoms with Crippen molar-refractivity contribution in [2.24, 2.45) is 11.7 Å². The molecule has 1 fully saturated rings. The number of aromatic nitrogens is 2. The van der Waals surface area contributed by atoms with Crippen molar-refractivity contribution in [3.63, 3.8) is 0 Å². The van der Waals surface area contributed by atoms with E-state index in [1.54, 1.807) is 6.20 Å². The van der Waals surface area contributed by atoms with E-state index < -0.39 is 0 Å². The molecule has 4 nitrogen and oxygen atoms in total. The minimum atomic E-state index is 0.205. The van der Waals surface area contributed by atoms with Gasteiger partial charge in [0, 0.05) is 17.8 Å². The summed E-state index contributed by atoms with van der Waals surface area (Å²) in [6.45, 7) is 2.63. The summed E-state index contributed by atoms with van der Waals surface area (Å²) < 4.78 is 5.76. The highest BCUT2D eigenvalue weighted by Gasteiger charge is 2.28. The molecule has 0 aliphatic heterocycles. The summed E-state index contributed by atoms with van der Waals surface area (Å²) >= 11 is 0. The molecule has 82 valence electrons. The Morgan fingerprint density at radius 1 is 1.53 bits per heavy atom. The Labute approximate surface area is 89.9 Å². The summed E-state index contributed by atoms with van der Waals surface area (Å²) in [6, 6.07) is 2.35. The maximum Gasteiger partial charge on any atom is 0.316 e. The monoisotopic (exact) mass is 207 g/mol. The van der Waals surface area contributed by atoms with Crippen LogP contribution < -0.4 is 10.5 Å². The lowest BCUT2D eigenvalue weighted by atomic mass is 10.1. The van der Waals surface area contributed by atoms with E-state index in [4.69, 9.17) is 10.5 Å². The van der Waals surface area contributed by atoms with Crippen molar-refractivity contribution >= 4 is 0 Å². The van der Waals surface area contributed by atoms with Crippen LogP contribution in [0.3, 0.4) is 0 Å². The summed E-state index contributed by atoms with van der Waals surface area (Å²) in [7, 11) is 0. The fourth-order valence-corrected chi connectivity index (χ4v) is 2.05. The Morgan fingerprint density at radius 2 is 2.40 bits per heavy atom. The Bertz CT molecular complexity index is 329. The number of rotatable bonds is 3. The van der Waals surface area contributed by atoms with E-state index in [2.05, 4.69) is 9.97 Å². The Balaban J connectivity index is 2.02. The fourth-order valence-electron chi connectivity index (χ4n) is 2.05. The SMILES string of the molecule is Cc1ccnc(OC2CCCC2CN)n1. The molecule has 0 bridgehead atoms. The molecule has 0 amide bonds. The first-order valence-electron chi connectivity index (χ1n) is 5.46. The van der Waals surface area contributed by atoms with Gasteiger partial charge >= 0.3 is 6.01 Å². The second-order valence-electron chi connectivity index (χ2n) is 4.06. The zero-order chi connectivity index (χ0) is 10.7. The standard InChI is InChI=1S/C11H17N3O/c1-8-5-6-13-11(14-8)15-10-4-2-3-9(10)7-12/h5-6,9-10H,2-4,7,12H2,1H3.